The summed E-state index contributed by atoms with van der Waals surface area (Å²) in [7, 11) is 0. The Balaban J connectivity index is 1.20. The molecular weight excluding hydrogens is 741 g/mol. The van der Waals surface area contributed by atoms with Crippen molar-refractivity contribution in [2.24, 2.45) is 5.73 Å². The molecule has 3 aliphatic heterocycles. The average Bonchev–Trinajstić information content (AvgIpc) is 3.79. The molecule has 5 aromatic rings. The van der Waals surface area contributed by atoms with Gasteiger partial charge in [-0.2, -0.15) is 0 Å². The smallest absolute Gasteiger partial charge is 0.335 e. The van der Waals surface area contributed by atoms with Gasteiger partial charge in [-0.15, -0.1) is 11.3 Å². The highest BCUT2D eigenvalue weighted by Crippen LogP contribution is 2.59. The van der Waals surface area contributed by atoms with E-state index in [0.29, 0.717) is 43.6 Å². The second-order valence-electron chi connectivity index (χ2n) is 12.5. The van der Waals surface area contributed by atoms with Gasteiger partial charge in [0.05, 0.1) is 55.2 Å². The molecule has 0 radical (unpaired) electrons. The summed E-state index contributed by atoms with van der Waals surface area (Å²) < 4.78 is 25.5. The number of carbonyl (C=O) groups is 2. The number of hydrogen-bond acceptors (Lipinski definition) is 12. The second kappa shape index (κ2) is 15.3. The number of aliphatic carboxylic acids is 1. The van der Waals surface area contributed by atoms with E-state index in [1.807, 2.05) is 42.5 Å². The highest BCUT2D eigenvalue weighted by atomic mass is 32.2. The maximum atomic E-state index is 12.2. The van der Waals surface area contributed by atoms with E-state index < -0.39 is 11.9 Å². The van der Waals surface area contributed by atoms with Gasteiger partial charge < -0.3 is 39.8 Å². The molecule has 1 fully saturated rings. The predicted octanol–water partition coefficient (Wildman–Crippen LogP) is 7.67. The Labute approximate surface area is 324 Å². The lowest BCUT2D eigenvalue weighted by Gasteiger charge is -2.36. The molecule has 0 bridgehead atoms. The second-order valence-corrected chi connectivity index (χ2v) is 14.7. The van der Waals surface area contributed by atoms with E-state index in [-0.39, 0.29) is 39.7 Å². The summed E-state index contributed by atoms with van der Waals surface area (Å²) in [6, 6.07) is 26.8. The van der Waals surface area contributed by atoms with E-state index in [2.05, 4.69) is 39.1 Å². The Morgan fingerprint density at radius 3 is 2.18 bits per heavy atom. The molecule has 8 rings (SSSR count). The van der Waals surface area contributed by atoms with E-state index >= 15 is 0 Å². The fourth-order valence-electron chi connectivity index (χ4n) is 6.55. The lowest BCUT2D eigenvalue weighted by atomic mass is 10.1. The van der Waals surface area contributed by atoms with Crippen LogP contribution in [-0.2, 0) is 14.3 Å². The molecule has 278 valence electrons. The molecule has 0 amide bonds. The Bertz CT molecular complexity index is 2340. The normalized spacial score (nSPS) is 18.1. The number of hydrogen-bond donors (Lipinski definition) is 3. The molecule has 0 aliphatic carbocycles. The van der Waals surface area contributed by atoms with Crippen molar-refractivity contribution in [3.8, 4) is 33.3 Å². The van der Waals surface area contributed by atoms with Crippen molar-refractivity contribution in [2.45, 2.75) is 18.4 Å². The van der Waals surface area contributed by atoms with Crippen LogP contribution < -0.4 is 20.1 Å². The van der Waals surface area contributed by atoms with Crippen LogP contribution in [0.1, 0.15) is 27.9 Å². The van der Waals surface area contributed by atoms with Crippen LogP contribution in [0.5, 0.6) is 11.5 Å². The lowest BCUT2D eigenvalue weighted by molar-refractivity contribution is -0.132. The van der Waals surface area contributed by atoms with E-state index in [4.69, 9.17) is 24.7 Å². The van der Waals surface area contributed by atoms with E-state index in [9.17, 15) is 19.8 Å². The number of thiophene rings is 1. The lowest BCUT2D eigenvalue weighted by Crippen LogP contribution is -2.41. The summed E-state index contributed by atoms with van der Waals surface area (Å²) in [4.78, 5) is 37.8. The number of carboxylic acids is 2. The maximum Gasteiger partial charge on any atom is 0.335 e. The van der Waals surface area contributed by atoms with Gasteiger partial charge in [0.2, 0.25) is 0 Å². The van der Waals surface area contributed by atoms with E-state index in [1.165, 1.54) is 35.6 Å². The summed E-state index contributed by atoms with van der Waals surface area (Å²) in [5.74, 6) is -0.429. The van der Waals surface area contributed by atoms with Gasteiger partial charge in [0.15, 0.2) is 11.5 Å². The number of benzene rings is 2. The SMILES string of the molecule is C/C=C(\C=C(/N)c1cc(C(=O)O)cc(-c2cc(-c3sc(C4=C5OCCOC5C(N(c5ccccc5)c5ccccc5)S4)c4c3OCCO4)ccn2)n1)C(=O)O. The van der Waals surface area contributed by atoms with Crippen LogP contribution in [0.2, 0.25) is 0 Å². The molecule has 3 aromatic heterocycles. The number of nitrogens with two attached hydrogens (primary N) is 1. The van der Waals surface area contributed by atoms with Gasteiger partial charge >= 0.3 is 11.9 Å². The maximum absolute atomic E-state index is 12.2. The number of ether oxygens (including phenoxy) is 4. The van der Waals surface area contributed by atoms with Crippen molar-refractivity contribution >= 4 is 57.0 Å². The first-order chi connectivity index (χ1) is 26.8. The van der Waals surface area contributed by atoms with Gasteiger partial charge in [0, 0.05) is 17.6 Å². The number of aromatic nitrogens is 2. The van der Waals surface area contributed by atoms with Crippen molar-refractivity contribution in [3.63, 3.8) is 0 Å². The van der Waals surface area contributed by atoms with Crippen LogP contribution >= 0.6 is 23.1 Å². The molecule has 0 spiro atoms. The number of thioether (sulfide) groups is 1. The van der Waals surface area contributed by atoms with Crippen molar-refractivity contribution in [1.82, 2.24) is 9.97 Å². The number of rotatable bonds is 10. The molecule has 0 saturated carbocycles. The average molecular weight is 775 g/mol. The summed E-state index contributed by atoms with van der Waals surface area (Å²) in [5.41, 5.74) is 9.59. The molecule has 12 nitrogen and oxygen atoms in total. The topological polar surface area (TPSA) is 167 Å². The number of carboxylic acid groups (broad SMARTS) is 2. The van der Waals surface area contributed by atoms with Gasteiger partial charge in [-0.05, 0) is 67.1 Å². The summed E-state index contributed by atoms with van der Waals surface area (Å²) in [5, 5.41) is 19.2. The van der Waals surface area contributed by atoms with Gasteiger partial charge in [0.25, 0.3) is 0 Å². The fourth-order valence-corrected chi connectivity index (χ4v) is 9.36. The number of pyridine rings is 2. The third-order valence-corrected chi connectivity index (χ3v) is 11.8. The molecule has 6 heterocycles. The van der Waals surface area contributed by atoms with Crippen molar-refractivity contribution in [1.29, 1.82) is 0 Å². The quantitative estimate of drug-likeness (QED) is 0.0936. The Morgan fingerprint density at radius 2 is 1.53 bits per heavy atom. The minimum atomic E-state index is -1.20. The van der Waals surface area contributed by atoms with Crippen LogP contribution in [-0.4, -0.2) is 70.0 Å². The van der Waals surface area contributed by atoms with Crippen molar-refractivity contribution in [3.05, 3.63) is 131 Å². The van der Waals surface area contributed by atoms with Crippen LogP contribution in [0.25, 0.3) is 32.4 Å². The molecular formula is C41H34N4O8S2. The Hall–Kier alpha value is -6.09. The van der Waals surface area contributed by atoms with Gasteiger partial charge in [0.1, 0.15) is 37.1 Å². The number of aromatic carboxylic acids is 1. The zero-order chi connectivity index (χ0) is 38.1. The third-order valence-electron chi connectivity index (χ3n) is 9.07. The highest BCUT2D eigenvalue weighted by molar-refractivity contribution is 8.09. The standard InChI is InChI=1S/C41H34N4O8S2/c1-2-23(40(46)47)19-28(42)29-21-25(41(48)49)22-31(44-29)30-20-24(13-14-43-30)36-32-33(51-16-15-50-32)37(54-36)38-34-35(53-18-17-52-34)39(55-38)45(26-9-5-3-6-10-26)27-11-7-4-8-12-27/h2-14,19-22,35,39H,15-18,42H2,1H3,(H,46,47)(H,48,49)/b23-2+,28-19-. The number of allylic oxidation sites excluding steroid dienone is 1. The zero-order valence-electron chi connectivity index (χ0n) is 29.4. The molecule has 2 aromatic carbocycles. The molecule has 2 atom stereocenters. The van der Waals surface area contributed by atoms with Crippen LogP contribution in [0.15, 0.2) is 115 Å². The van der Waals surface area contributed by atoms with E-state index in [0.717, 1.165) is 37.4 Å². The monoisotopic (exact) mass is 774 g/mol. The minimum absolute atomic E-state index is 0.00859. The van der Waals surface area contributed by atoms with Gasteiger partial charge in [-0.25, -0.2) is 14.6 Å². The molecule has 2 unspecified atom stereocenters. The van der Waals surface area contributed by atoms with E-state index in [1.54, 1.807) is 30.9 Å². The van der Waals surface area contributed by atoms with Gasteiger partial charge in [-0.3, -0.25) is 4.98 Å². The Morgan fingerprint density at radius 1 is 0.855 bits per heavy atom. The first kappa shape index (κ1) is 35.9. The van der Waals surface area contributed by atoms with Crippen LogP contribution in [0.4, 0.5) is 11.4 Å². The summed E-state index contributed by atoms with van der Waals surface area (Å²) in [6.07, 6.45) is 3.88. The molecule has 55 heavy (non-hydrogen) atoms. The predicted molar refractivity (Wildman–Crippen MR) is 211 cm³/mol. The third kappa shape index (κ3) is 7.02. The zero-order valence-corrected chi connectivity index (χ0v) is 31.0. The fraction of sp³-hybridized carbons (Fsp3) is 0.171. The van der Waals surface area contributed by atoms with Crippen LogP contribution in [0.3, 0.4) is 0 Å². The largest absolute Gasteiger partial charge is 0.491 e. The first-order valence-electron chi connectivity index (χ1n) is 17.4. The Kier molecular flexibility index (Phi) is 10.0. The van der Waals surface area contributed by atoms with Gasteiger partial charge in [-0.1, -0.05) is 54.2 Å². The first-order valence-corrected chi connectivity index (χ1v) is 19.1. The number of fused-ring (bicyclic) bond motifs is 2. The number of para-hydroxylation sites is 2. The highest BCUT2D eigenvalue weighted by Gasteiger charge is 2.46. The van der Waals surface area contributed by atoms with Crippen molar-refractivity contribution < 1.29 is 38.7 Å². The molecule has 14 heteroatoms. The number of anilines is 2. The molecule has 1 saturated heterocycles. The molecule has 4 N–H and O–H groups in total. The minimum Gasteiger partial charge on any atom is -0.491 e. The van der Waals surface area contributed by atoms with Crippen LogP contribution in [0, 0.1) is 0 Å². The summed E-state index contributed by atoms with van der Waals surface area (Å²) >= 11 is 3.16. The van der Waals surface area contributed by atoms with Crippen molar-refractivity contribution in [2.75, 3.05) is 31.3 Å². The molecule has 3 aliphatic rings. The summed E-state index contributed by atoms with van der Waals surface area (Å²) in [6.45, 7) is 3.17. The number of nitrogens with zero attached hydrogens (tertiary/aromatic N) is 3.